The van der Waals surface area contributed by atoms with Crippen LogP contribution in [0.3, 0.4) is 0 Å². The first-order chi connectivity index (χ1) is 8.56. The minimum Gasteiger partial charge on any atom is -0.399 e. The summed E-state index contributed by atoms with van der Waals surface area (Å²) in [6.45, 7) is 0. The van der Waals surface area contributed by atoms with E-state index in [1.807, 2.05) is 38.4 Å². The van der Waals surface area contributed by atoms with Crippen LogP contribution in [0.25, 0.3) is 0 Å². The maximum Gasteiger partial charge on any atom is 0.0661 e. The molecule has 0 unspecified atom stereocenters. The molecule has 3 N–H and O–H groups in total. The van der Waals surface area contributed by atoms with Crippen molar-refractivity contribution in [2.24, 2.45) is 0 Å². The smallest absolute Gasteiger partial charge is 0.0661 e. The Morgan fingerprint density at radius 1 is 1.11 bits per heavy atom. The molecule has 0 amide bonds. The molecule has 94 valence electrons. The first kappa shape index (κ1) is 12.6. The quantitative estimate of drug-likeness (QED) is 0.827. The Morgan fingerprint density at radius 3 is 2.56 bits per heavy atom. The number of benzene rings is 2. The number of halogens is 1. The van der Waals surface area contributed by atoms with Crippen LogP contribution in [0.15, 0.2) is 42.5 Å². The summed E-state index contributed by atoms with van der Waals surface area (Å²) < 4.78 is 0. The SMILES string of the molecule is CN(C)c1cccc(Nc2ccc(N)cc2Cl)c1. The van der Waals surface area contributed by atoms with Gasteiger partial charge in [-0.05, 0) is 36.4 Å². The maximum atomic E-state index is 6.13. The molecule has 2 aromatic rings. The lowest BCUT2D eigenvalue weighted by Gasteiger charge is -2.15. The van der Waals surface area contributed by atoms with Gasteiger partial charge in [0.2, 0.25) is 0 Å². The summed E-state index contributed by atoms with van der Waals surface area (Å²) in [5, 5.41) is 3.90. The second-order valence-electron chi connectivity index (χ2n) is 4.31. The highest BCUT2D eigenvalue weighted by atomic mass is 35.5. The first-order valence-electron chi connectivity index (χ1n) is 5.66. The number of hydrogen-bond acceptors (Lipinski definition) is 3. The molecule has 0 aliphatic heterocycles. The molecule has 2 aromatic carbocycles. The molecule has 3 nitrogen and oxygen atoms in total. The van der Waals surface area contributed by atoms with Crippen molar-refractivity contribution in [3.05, 3.63) is 47.5 Å². The van der Waals surface area contributed by atoms with Crippen LogP contribution in [0.4, 0.5) is 22.7 Å². The topological polar surface area (TPSA) is 41.3 Å². The van der Waals surface area contributed by atoms with E-state index in [2.05, 4.69) is 22.3 Å². The molecule has 0 aromatic heterocycles. The summed E-state index contributed by atoms with van der Waals surface area (Å²) in [4.78, 5) is 2.05. The third-order valence-electron chi connectivity index (χ3n) is 2.63. The van der Waals surface area contributed by atoms with Gasteiger partial charge < -0.3 is 16.0 Å². The van der Waals surface area contributed by atoms with Gasteiger partial charge in [0.15, 0.2) is 0 Å². The van der Waals surface area contributed by atoms with E-state index in [-0.39, 0.29) is 0 Å². The Morgan fingerprint density at radius 2 is 1.89 bits per heavy atom. The highest BCUT2D eigenvalue weighted by Crippen LogP contribution is 2.28. The minimum atomic E-state index is 0.616. The Labute approximate surface area is 112 Å². The fourth-order valence-corrected chi connectivity index (χ4v) is 1.89. The lowest BCUT2D eigenvalue weighted by molar-refractivity contribution is 1.13. The van der Waals surface area contributed by atoms with E-state index in [4.69, 9.17) is 17.3 Å². The third kappa shape index (κ3) is 2.87. The third-order valence-corrected chi connectivity index (χ3v) is 2.95. The van der Waals surface area contributed by atoms with Gasteiger partial charge in [0.25, 0.3) is 0 Å². The van der Waals surface area contributed by atoms with Crippen LogP contribution in [0.2, 0.25) is 5.02 Å². The zero-order valence-electron chi connectivity index (χ0n) is 10.4. The van der Waals surface area contributed by atoms with Gasteiger partial charge in [0, 0.05) is 31.2 Å². The second kappa shape index (κ2) is 5.19. The van der Waals surface area contributed by atoms with E-state index >= 15 is 0 Å². The van der Waals surface area contributed by atoms with Gasteiger partial charge in [0.1, 0.15) is 0 Å². The fourth-order valence-electron chi connectivity index (χ4n) is 1.65. The van der Waals surface area contributed by atoms with Gasteiger partial charge in [0.05, 0.1) is 10.7 Å². The largest absolute Gasteiger partial charge is 0.399 e. The lowest BCUT2D eigenvalue weighted by atomic mass is 10.2. The fraction of sp³-hybridized carbons (Fsp3) is 0.143. The highest BCUT2D eigenvalue weighted by molar-refractivity contribution is 6.33. The second-order valence-corrected chi connectivity index (χ2v) is 4.72. The number of nitrogens with one attached hydrogen (secondary N) is 1. The van der Waals surface area contributed by atoms with Crippen molar-refractivity contribution in [2.75, 3.05) is 30.0 Å². The lowest BCUT2D eigenvalue weighted by Crippen LogP contribution is -2.08. The van der Waals surface area contributed by atoms with Crippen LogP contribution in [-0.2, 0) is 0 Å². The molecule has 0 bridgehead atoms. The van der Waals surface area contributed by atoms with E-state index in [0.717, 1.165) is 17.1 Å². The molecule has 0 radical (unpaired) electrons. The van der Waals surface area contributed by atoms with E-state index in [1.165, 1.54) is 0 Å². The molecule has 0 spiro atoms. The molecular weight excluding hydrogens is 246 g/mol. The van der Waals surface area contributed by atoms with Crippen molar-refractivity contribution in [3.8, 4) is 0 Å². The molecule has 0 saturated heterocycles. The minimum absolute atomic E-state index is 0.616. The van der Waals surface area contributed by atoms with Gasteiger partial charge in [-0.1, -0.05) is 17.7 Å². The average molecular weight is 262 g/mol. The van der Waals surface area contributed by atoms with Crippen molar-refractivity contribution in [1.29, 1.82) is 0 Å². The van der Waals surface area contributed by atoms with E-state index in [0.29, 0.717) is 10.7 Å². The predicted molar refractivity (Wildman–Crippen MR) is 79.9 cm³/mol. The van der Waals surface area contributed by atoms with Crippen molar-refractivity contribution < 1.29 is 0 Å². The van der Waals surface area contributed by atoms with Crippen molar-refractivity contribution in [3.63, 3.8) is 0 Å². The Bertz CT molecular complexity index is 552. The van der Waals surface area contributed by atoms with Crippen LogP contribution in [-0.4, -0.2) is 14.1 Å². The molecule has 0 aliphatic carbocycles. The van der Waals surface area contributed by atoms with Crippen LogP contribution < -0.4 is 16.0 Å². The number of rotatable bonds is 3. The predicted octanol–water partition coefficient (Wildman–Crippen LogP) is 3.73. The first-order valence-corrected chi connectivity index (χ1v) is 6.03. The normalized spacial score (nSPS) is 10.2. The molecule has 0 heterocycles. The molecular formula is C14H16ClN3. The number of nitrogen functional groups attached to an aromatic ring is 1. The molecule has 0 saturated carbocycles. The number of hydrogen-bond donors (Lipinski definition) is 2. The average Bonchev–Trinajstić information content (AvgIpc) is 2.33. The summed E-state index contributed by atoms with van der Waals surface area (Å²) in [7, 11) is 4.02. The zero-order valence-corrected chi connectivity index (χ0v) is 11.2. The van der Waals surface area contributed by atoms with E-state index in [9.17, 15) is 0 Å². The van der Waals surface area contributed by atoms with E-state index < -0.39 is 0 Å². The monoisotopic (exact) mass is 261 g/mol. The van der Waals surface area contributed by atoms with Gasteiger partial charge in [-0.2, -0.15) is 0 Å². The van der Waals surface area contributed by atoms with Crippen LogP contribution in [0.1, 0.15) is 0 Å². The highest BCUT2D eigenvalue weighted by Gasteiger charge is 2.02. The van der Waals surface area contributed by atoms with Crippen LogP contribution in [0, 0.1) is 0 Å². The Kier molecular flexibility index (Phi) is 3.63. The van der Waals surface area contributed by atoms with Crippen LogP contribution in [0.5, 0.6) is 0 Å². The van der Waals surface area contributed by atoms with Gasteiger partial charge in [-0.15, -0.1) is 0 Å². The summed E-state index contributed by atoms with van der Waals surface area (Å²) in [5.74, 6) is 0. The maximum absolute atomic E-state index is 6.13. The number of nitrogens with two attached hydrogens (primary N) is 1. The summed E-state index contributed by atoms with van der Waals surface area (Å²) in [6.07, 6.45) is 0. The molecule has 18 heavy (non-hydrogen) atoms. The summed E-state index contributed by atoms with van der Waals surface area (Å²) >= 11 is 6.13. The van der Waals surface area contributed by atoms with Crippen LogP contribution >= 0.6 is 11.6 Å². The molecule has 0 aliphatic rings. The number of anilines is 4. The molecule has 0 fully saturated rings. The van der Waals surface area contributed by atoms with Crippen molar-refractivity contribution in [1.82, 2.24) is 0 Å². The summed E-state index contributed by atoms with van der Waals surface area (Å²) in [6, 6.07) is 13.6. The van der Waals surface area contributed by atoms with Crippen molar-refractivity contribution in [2.45, 2.75) is 0 Å². The Balaban J connectivity index is 2.25. The Hall–Kier alpha value is -1.87. The van der Waals surface area contributed by atoms with Gasteiger partial charge >= 0.3 is 0 Å². The zero-order chi connectivity index (χ0) is 13.1. The molecule has 4 heteroatoms. The van der Waals surface area contributed by atoms with Crippen molar-refractivity contribution >= 4 is 34.4 Å². The number of nitrogens with zero attached hydrogens (tertiary/aromatic N) is 1. The summed E-state index contributed by atoms with van der Waals surface area (Å²) in [5.41, 5.74) is 9.30. The van der Waals surface area contributed by atoms with E-state index in [1.54, 1.807) is 6.07 Å². The molecule has 2 rings (SSSR count). The standard InChI is InChI=1S/C14H16ClN3/c1-18(2)12-5-3-4-11(9-12)17-14-7-6-10(16)8-13(14)15/h3-9,17H,16H2,1-2H3. The van der Waals surface area contributed by atoms with Gasteiger partial charge in [-0.25, -0.2) is 0 Å². The van der Waals surface area contributed by atoms with Gasteiger partial charge in [-0.3, -0.25) is 0 Å². The molecule has 0 atom stereocenters.